The van der Waals surface area contributed by atoms with Gasteiger partial charge in [0.05, 0.1) is 33.9 Å². The van der Waals surface area contributed by atoms with E-state index in [0.717, 1.165) is 84.6 Å². The molecule has 3 fully saturated rings. The number of likely N-dealkylation sites (N-methyl/N-ethyl adjacent to an activating group) is 2. The zero-order chi connectivity index (χ0) is 69.8. The number of piperidine rings is 2. The van der Waals surface area contributed by atoms with Gasteiger partial charge in [0.15, 0.2) is 0 Å². The molecule has 0 unspecified atom stereocenters. The second kappa shape index (κ2) is 32.4. The highest BCUT2D eigenvalue weighted by molar-refractivity contribution is 9.10. The highest BCUT2D eigenvalue weighted by atomic mass is 79.9. The number of likely N-dealkylation sites (tertiary alicyclic amines) is 2. The Bertz CT molecular complexity index is 3710. The molecule has 3 saturated heterocycles. The number of hydrogen-bond acceptors (Lipinski definition) is 11. The van der Waals surface area contributed by atoms with Crippen molar-refractivity contribution in [2.45, 2.75) is 106 Å². The zero-order valence-corrected chi connectivity index (χ0v) is 57.0. The van der Waals surface area contributed by atoms with E-state index in [0.29, 0.717) is 107 Å². The Morgan fingerprint density at radius 1 is 0.673 bits per heavy atom. The molecule has 0 bridgehead atoms. The number of anilines is 2. The van der Waals surface area contributed by atoms with Crippen molar-refractivity contribution in [3.8, 4) is 11.1 Å². The molecule has 6 aromatic rings. The van der Waals surface area contributed by atoms with Crippen LogP contribution in [-0.4, -0.2) is 178 Å². The van der Waals surface area contributed by atoms with Gasteiger partial charge in [-0.25, -0.2) is 9.18 Å². The van der Waals surface area contributed by atoms with Crippen LogP contribution in [0, 0.1) is 5.82 Å². The topological polar surface area (TPSA) is 157 Å². The average molecular weight is 1430 g/mol. The highest BCUT2D eigenvalue weighted by Crippen LogP contribution is 2.49. The third-order valence-electron chi connectivity index (χ3n) is 19.6. The van der Waals surface area contributed by atoms with E-state index in [4.69, 9.17) is 14.2 Å². The fourth-order valence-corrected chi connectivity index (χ4v) is 14.1. The number of fused-ring (bicyclic) bond motifs is 2. The van der Waals surface area contributed by atoms with Gasteiger partial charge in [-0.2, -0.15) is 26.3 Å². The van der Waals surface area contributed by atoms with E-state index in [9.17, 15) is 54.7 Å². The molecule has 2 atom stereocenters. The molecule has 98 heavy (non-hydrogen) atoms. The number of unbranched alkanes of at least 4 members (excludes halogenated alkanes) is 2. The minimum Gasteiger partial charge on any atom is -0.446 e. The molecular formula is C74H84BrF7N8O8. The molecule has 3 heterocycles. The van der Waals surface area contributed by atoms with E-state index in [1.807, 2.05) is 85.9 Å². The van der Waals surface area contributed by atoms with Crippen LogP contribution in [0.2, 0.25) is 0 Å². The van der Waals surface area contributed by atoms with Crippen LogP contribution in [0.1, 0.15) is 113 Å². The summed E-state index contributed by atoms with van der Waals surface area (Å²) in [4.78, 5) is 77.4. The van der Waals surface area contributed by atoms with E-state index >= 15 is 0 Å². The fraction of sp³-hybridized carbons (Fsp3) is 0.446. The lowest BCUT2D eigenvalue weighted by atomic mass is 9.72. The Balaban J connectivity index is 0.608. The van der Waals surface area contributed by atoms with E-state index < -0.39 is 64.6 Å². The van der Waals surface area contributed by atoms with Crippen molar-refractivity contribution in [3.05, 3.63) is 189 Å². The summed E-state index contributed by atoms with van der Waals surface area (Å²) >= 11 is 3.22. The molecule has 2 N–H and O–H groups in total. The third-order valence-corrected chi connectivity index (χ3v) is 20.2. The number of halogens is 8. The number of alkyl halides is 6. The zero-order valence-electron chi connectivity index (χ0n) is 55.4. The van der Waals surface area contributed by atoms with Crippen molar-refractivity contribution in [2.24, 2.45) is 0 Å². The van der Waals surface area contributed by atoms with Crippen LogP contribution in [0.5, 0.6) is 0 Å². The van der Waals surface area contributed by atoms with E-state index in [1.54, 1.807) is 40.9 Å². The normalized spacial score (nSPS) is 18.1. The van der Waals surface area contributed by atoms with Crippen molar-refractivity contribution in [1.29, 1.82) is 0 Å². The first-order chi connectivity index (χ1) is 46.9. The van der Waals surface area contributed by atoms with Crippen LogP contribution in [-0.2, 0) is 53.6 Å². The lowest BCUT2D eigenvalue weighted by Crippen LogP contribution is -2.50. The van der Waals surface area contributed by atoms with Crippen molar-refractivity contribution in [1.82, 2.24) is 29.4 Å². The molecule has 0 saturated carbocycles. The van der Waals surface area contributed by atoms with Crippen molar-refractivity contribution in [2.75, 3.05) is 117 Å². The minimum absolute atomic E-state index is 0.0310. The van der Waals surface area contributed by atoms with E-state index in [-0.39, 0.29) is 60.0 Å². The Morgan fingerprint density at radius 2 is 1.33 bits per heavy atom. The van der Waals surface area contributed by atoms with Gasteiger partial charge >= 0.3 is 18.4 Å². The fourth-order valence-electron chi connectivity index (χ4n) is 13.7. The monoisotopic (exact) mass is 1420 g/mol. The van der Waals surface area contributed by atoms with Gasteiger partial charge in [-0.05, 0) is 170 Å². The predicted octanol–water partition coefficient (Wildman–Crippen LogP) is 13.7. The first kappa shape index (κ1) is 72.8. The van der Waals surface area contributed by atoms with Gasteiger partial charge in [0.1, 0.15) is 30.9 Å². The van der Waals surface area contributed by atoms with Crippen LogP contribution >= 0.6 is 15.9 Å². The van der Waals surface area contributed by atoms with Crippen molar-refractivity contribution >= 4 is 57.0 Å². The summed E-state index contributed by atoms with van der Waals surface area (Å²) in [6.07, 6.45) is -4.10. The lowest BCUT2D eigenvalue weighted by Gasteiger charge is -2.44. The molecular weight excluding hydrogens is 1340 g/mol. The number of nitrogens with one attached hydrogen (secondary N) is 2. The standard InChI is InChI=1S/C74H84BrF7N8O8/c1-85(34-14-35-87(3)68(93)52-22-25-58(26-23-52)83-33-13-5-8-21-66(91)86(2)41-42-88-36-28-59(29-37-88)98-70(95)84-64-20-12-10-18-60(64)51-15-6-4-7-16-51)67(92)48-96-65-45-53-17-9-11-19-61(53)71(65)30-38-89(39-31-71)40-32-72(55-24-27-63(76)62(75)47-55)49-90(50-97-72)69(94)54-43-56(73(77,78)79)46-57(44-54)74(80,81)82/h4,6-7,9-12,15-20,22-27,43-44,46-47,59,65,83H,5,8,13-14,21,28-42,45,48-50H2,1-3H3,(H,84,95)/t65-,72-/m0/s1. The second-order valence-corrected chi connectivity index (χ2v) is 27.0. The molecule has 16 nitrogen and oxygen atoms in total. The number of rotatable bonds is 26. The van der Waals surface area contributed by atoms with E-state index in [1.165, 1.54) is 18.2 Å². The number of para-hydroxylation sites is 1. The van der Waals surface area contributed by atoms with Crippen molar-refractivity contribution < 1.29 is 68.9 Å². The molecule has 24 heteroatoms. The van der Waals surface area contributed by atoms with Crippen LogP contribution in [0.3, 0.4) is 0 Å². The summed E-state index contributed by atoms with van der Waals surface area (Å²) in [6.45, 7) is 5.23. The van der Waals surface area contributed by atoms with E-state index in [2.05, 4.69) is 48.5 Å². The number of ether oxygens (including phenoxy) is 3. The molecule has 0 radical (unpaired) electrons. The van der Waals surface area contributed by atoms with Gasteiger partial charge in [-0.3, -0.25) is 24.5 Å². The van der Waals surface area contributed by atoms with Gasteiger partial charge in [-0.15, -0.1) is 0 Å². The summed E-state index contributed by atoms with van der Waals surface area (Å²) in [5.41, 5.74) is 1.07. The summed E-state index contributed by atoms with van der Waals surface area (Å²) in [5, 5.41) is 6.35. The van der Waals surface area contributed by atoms with Crippen molar-refractivity contribution in [3.63, 3.8) is 0 Å². The van der Waals surface area contributed by atoms with Crippen LogP contribution in [0.25, 0.3) is 11.1 Å². The molecule has 0 aromatic heterocycles. The van der Waals surface area contributed by atoms with Gasteiger partial charge in [0, 0.05) is 108 Å². The summed E-state index contributed by atoms with van der Waals surface area (Å²) in [6, 6.07) is 38.0. The Labute approximate surface area is 575 Å². The maximum absolute atomic E-state index is 14.6. The third kappa shape index (κ3) is 18.3. The van der Waals surface area contributed by atoms with Gasteiger partial charge in [-0.1, -0.05) is 85.3 Å². The number of hydrogen-bond donors (Lipinski definition) is 2. The smallest absolute Gasteiger partial charge is 0.416 e. The Hall–Kier alpha value is -7.90. The first-order valence-electron chi connectivity index (χ1n) is 33.4. The predicted molar refractivity (Wildman–Crippen MR) is 363 cm³/mol. The maximum Gasteiger partial charge on any atom is 0.416 e. The van der Waals surface area contributed by atoms with Crippen LogP contribution < -0.4 is 10.6 Å². The summed E-state index contributed by atoms with van der Waals surface area (Å²) in [7, 11) is 5.30. The van der Waals surface area contributed by atoms with Gasteiger partial charge in [0.25, 0.3) is 11.8 Å². The first-order valence-corrected chi connectivity index (χ1v) is 34.2. The highest BCUT2D eigenvalue weighted by Gasteiger charge is 2.50. The van der Waals surface area contributed by atoms with Gasteiger partial charge < -0.3 is 48.9 Å². The number of nitrogens with zero attached hydrogens (tertiary/aromatic N) is 6. The van der Waals surface area contributed by atoms with Gasteiger partial charge in [0.2, 0.25) is 11.8 Å². The SMILES string of the molecule is CN(CCN1CCC(OC(=O)Nc2ccccc2-c2ccccc2)CC1)C(=O)CCCCCNc1ccc(C(=O)N(C)CCCN(C)C(=O)CO[C@H]2Cc3ccccc3C23CCN(CC[C@@]2(c4ccc(F)c(Br)c4)CN(C(=O)c4cc(C(F)(F)F)cc(C(F)(F)F)c4)CO2)CC3)cc1. The molecule has 1 aliphatic carbocycles. The molecule has 10 rings (SSSR count). The van der Waals surface area contributed by atoms with Crippen LogP contribution in [0.15, 0.2) is 144 Å². The molecule has 6 aromatic carbocycles. The molecule has 5 amide bonds. The number of benzene rings is 6. The Kier molecular flexibility index (Phi) is 24.1. The number of carbonyl (C=O) groups is 5. The minimum atomic E-state index is -5.16. The lowest BCUT2D eigenvalue weighted by molar-refractivity contribution is -0.143. The summed E-state index contributed by atoms with van der Waals surface area (Å²) < 4.78 is 116. The quantitative estimate of drug-likeness (QED) is 0.0394. The number of amides is 5. The Morgan fingerprint density at radius 3 is 2.03 bits per heavy atom. The maximum atomic E-state index is 14.6. The molecule has 3 aliphatic heterocycles. The molecule has 4 aliphatic rings. The summed E-state index contributed by atoms with van der Waals surface area (Å²) in [5.74, 6) is -1.88. The van der Waals surface area contributed by atoms with Crippen LogP contribution in [0.4, 0.5) is 46.9 Å². The largest absolute Gasteiger partial charge is 0.446 e. The molecule has 1 spiro atoms. The number of carbonyl (C=O) groups excluding carboxylic acids is 5. The second-order valence-electron chi connectivity index (χ2n) is 26.1. The average Bonchev–Trinajstić information content (AvgIpc) is 1.58. The molecule has 524 valence electrons.